The lowest BCUT2D eigenvalue weighted by molar-refractivity contribution is -0.142. The van der Waals surface area contributed by atoms with Gasteiger partial charge in [-0.05, 0) is 37.8 Å². The molecule has 1 fully saturated rings. The van der Waals surface area contributed by atoms with Gasteiger partial charge in [0.15, 0.2) is 0 Å². The van der Waals surface area contributed by atoms with E-state index in [1.165, 1.54) is 12.4 Å². The van der Waals surface area contributed by atoms with Gasteiger partial charge in [-0.1, -0.05) is 24.6 Å². The fourth-order valence-electron chi connectivity index (χ4n) is 3.85. The zero-order valence-electron chi connectivity index (χ0n) is 16.9. The first kappa shape index (κ1) is 20.5. The summed E-state index contributed by atoms with van der Waals surface area (Å²) in [5.41, 5.74) is 1.03. The van der Waals surface area contributed by atoms with Crippen LogP contribution >= 0.6 is 11.6 Å². The average Bonchev–Trinajstić information content (AvgIpc) is 3.17. The van der Waals surface area contributed by atoms with Crippen molar-refractivity contribution in [1.29, 1.82) is 0 Å². The van der Waals surface area contributed by atoms with Crippen LogP contribution in [0.1, 0.15) is 32.4 Å². The lowest BCUT2D eigenvalue weighted by atomic mass is 9.97. The number of hydrogen-bond donors (Lipinski definition) is 0. The van der Waals surface area contributed by atoms with E-state index < -0.39 is 11.8 Å². The molecule has 3 aromatic rings. The highest BCUT2D eigenvalue weighted by molar-refractivity contribution is 6.33. The van der Waals surface area contributed by atoms with Gasteiger partial charge < -0.3 is 9.64 Å². The predicted octanol–water partition coefficient (Wildman–Crippen LogP) is 3.93. The van der Waals surface area contributed by atoms with Crippen LogP contribution in [0.15, 0.2) is 24.5 Å². The van der Waals surface area contributed by atoms with Gasteiger partial charge in [-0.25, -0.2) is 9.37 Å². The molecular weight excluding hydrogens is 409 g/mol. The Balaban J connectivity index is 1.99. The molecule has 0 radical (unpaired) electrons. The zero-order chi connectivity index (χ0) is 21.3. The Labute approximate surface area is 178 Å². The number of rotatable bonds is 5. The van der Waals surface area contributed by atoms with Crippen LogP contribution in [0.25, 0.3) is 16.9 Å². The van der Waals surface area contributed by atoms with Crippen molar-refractivity contribution in [3.8, 4) is 11.1 Å². The minimum absolute atomic E-state index is 0.117. The summed E-state index contributed by atoms with van der Waals surface area (Å²) in [5.74, 6) is 0.671. The highest BCUT2D eigenvalue weighted by Crippen LogP contribution is 2.40. The highest BCUT2D eigenvalue weighted by Gasteiger charge is 2.29. The van der Waals surface area contributed by atoms with Gasteiger partial charge in [0, 0.05) is 18.7 Å². The fraction of sp³-hybridized carbons (Fsp3) is 0.429. The third-order valence-electron chi connectivity index (χ3n) is 5.39. The molecule has 0 aliphatic carbocycles. The molecule has 0 atom stereocenters. The number of benzene rings is 1. The van der Waals surface area contributed by atoms with Crippen LogP contribution in [0.2, 0.25) is 5.02 Å². The lowest BCUT2D eigenvalue weighted by Crippen LogP contribution is -2.35. The third kappa shape index (κ3) is 3.84. The molecule has 0 saturated carbocycles. The summed E-state index contributed by atoms with van der Waals surface area (Å²) in [4.78, 5) is 23.2. The topological polar surface area (TPSA) is 72.6 Å². The number of nitrogens with zero attached hydrogens (tertiary/aromatic N) is 5. The second kappa shape index (κ2) is 8.55. The molecule has 7 nitrogen and oxygen atoms in total. The Morgan fingerprint density at radius 1 is 1.30 bits per heavy atom. The molecule has 0 N–H and O–H groups in total. The molecule has 0 amide bonds. The van der Waals surface area contributed by atoms with Crippen molar-refractivity contribution >= 4 is 29.2 Å². The molecule has 158 valence electrons. The second-order valence-electron chi connectivity index (χ2n) is 7.48. The fourth-order valence-corrected chi connectivity index (χ4v) is 4.11. The molecular formula is C21H23ClFN5O2. The molecule has 0 bridgehead atoms. The number of piperidine rings is 1. The normalized spacial score (nSPS) is 15.0. The van der Waals surface area contributed by atoms with Crippen LogP contribution < -0.4 is 4.90 Å². The smallest absolute Gasteiger partial charge is 0.311 e. The second-order valence-corrected chi connectivity index (χ2v) is 7.88. The molecule has 2 aromatic heterocycles. The van der Waals surface area contributed by atoms with E-state index in [9.17, 15) is 4.79 Å². The summed E-state index contributed by atoms with van der Waals surface area (Å²) in [6.45, 7) is 5.76. The lowest BCUT2D eigenvalue weighted by Gasteiger charge is -2.34. The monoisotopic (exact) mass is 431 g/mol. The highest BCUT2D eigenvalue weighted by atomic mass is 35.5. The Kier molecular flexibility index (Phi) is 5.85. The minimum Gasteiger partial charge on any atom is -0.466 e. The molecule has 1 aliphatic heterocycles. The van der Waals surface area contributed by atoms with Gasteiger partial charge in [0.05, 0.1) is 29.3 Å². The Hall–Kier alpha value is -2.74. The number of carbonyl (C=O) groups is 1. The number of halogens is 2. The van der Waals surface area contributed by atoms with E-state index in [0.717, 1.165) is 25.9 Å². The number of hydrogen-bond acceptors (Lipinski definition) is 6. The summed E-state index contributed by atoms with van der Waals surface area (Å²) in [6, 6.07) is 4.53. The quantitative estimate of drug-likeness (QED) is 0.570. The van der Waals surface area contributed by atoms with E-state index in [2.05, 4.69) is 26.9 Å². The Bertz CT molecular complexity index is 1060. The first-order valence-electron chi connectivity index (χ1n) is 10.1. The van der Waals surface area contributed by atoms with Crippen LogP contribution in [-0.4, -0.2) is 45.2 Å². The van der Waals surface area contributed by atoms with Crippen LogP contribution in [0.5, 0.6) is 0 Å². The van der Waals surface area contributed by atoms with Crippen molar-refractivity contribution in [3.63, 3.8) is 0 Å². The van der Waals surface area contributed by atoms with E-state index in [1.807, 2.05) is 0 Å². The number of anilines is 1. The van der Waals surface area contributed by atoms with Gasteiger partial charge in [0.1, 0.15) is 18.0 Å². The standard InChI is InChI=1S/C21H23ClFN5O2/c1-3-30-17(29)11-16-19(18-14(22)5-4-6-15(18)23)20(27-9-7-13(2)8-10-27)28-21(26-16)24-12-25-28/h4-6,12-13H,3,7-11H2,1-2H3. The maximum Gasteiger partial charge on any atom is 0.311 e. The van der Waals surface area contributed by atoms with E-state index in [-0.39, 0.29) is 23.6 Å². The third-order valence-corrected chi connectivity index (χ3v) is 5.71. The SMILES string of the molecule is CCOC(=O)Cc1nc2ncnn2c(N2CCC(C)CC2)c1-c1c(F)cccc1Cl. The molecule has 1 aliphatic rings. The van der Waals surface area contributed by atoms with Crippen molar-refractivity contribution in [2.75, 3.05) is 24.6 Å². The minimum atomic E-state index is -0.486. The van der Waals surface area contributed by atoms with Gasteiger partial charge in [-0.15, -0.1) is 0 Å². The zero-order valence-corrected chi connectivity index (χ0v) is 17.7. The molecule has 0 unspecified atom stereocenters. The number of ether oxygens (including phenoxy) is 1. The van der Waals surface area contributed by atoms with Crippen LogP contribution in [0.3, 0.4) is 0 Å². The molecule has 0 spiro atoms. The van der Waals surface area contributed by atoms with Gasteiger partial charge >= 0.3 is 5.97 Å². The van der Waals surface area contributed by atoms with Crippen molar-refractivity contribution in [2.24, 2.45) is 5.92 Å². The maximum absolute atomic E-state index is 15.0. The molecule has 3 heterocycles. The first-order valence-corrected chi connectivity index (χ1v) is 10.4. The van der Waals surface area contributed by atoms with E-state index in [0.29, 0.717) is 28.8 Å². The van der Waals surface area contributed by atoms with Gasteiger partial charge in [0.2, 0.25) is 0 Å². The summed E-state index contributed by atoms with van der Waals surface area (Å²) < 4.78 is 21.8. The van der Waals surface area contributed by atoms with Crippen LogP contribution in [-0.2, 0) is 16.0 Å². The van der Waals surface area contributed by atoms with E-state index in [1.54, 1.807) is 23.6 Å². The number of carbonyl (C=O) groups excluding carboxylic acids is 1. The molecule has 1 saturated heterocycles. The largest absolute Gasteiger partial charge is 0.466 e. The molecule has 9 heteroatoms. The number of fused-ring (bicyclic) bond motifs is 1. The van der Waals surface area contributed by atoms with Gasteiger partial charge in [0.25, 0.3) is 5.78 Å². The Morgan fingerprint density at radius 3 is 2.77 bits per heavy atom. The van der Waals surface area contributed by atoms with Crippen molar-refractivity contribution in [3.05, 3.63) is 41.1 Å². The van der Waals surface area contributed by atoms with Crippen LogP contribution in [0, 0.1) is 11.7 Å². The van der Waals surface area contributed by atoms with Crippen molar-refractivity contribution in [1.82, 2.24) is 19.6 Å². The summed E-state index contributed by atoms with van der Waals surface area (Å²) in [5, 5.41) is 4.58. The maximum atomic E-state index is 15.0. The summed E-state index contributed by atoms with van der Waals surface area (Å²) in [7, 11) is 0. The predicted molar refractivity (Wildman–Crippen MR) is 112 cm³/mol. The van der Waals surface area contributed by atoms with Gasteiger partial charge in [-0.2, -0.15) is 14.6 Å². The van der Waals surface area contributed by atoms with Crippen LogP contribution in [0.4, 0.5) is 10.2 Å². The summed E-state index contributed by atoms with van der Waals surface area (Å²) in [6.07, 6.45) is 3.28. The van der Waals surface area contributed by atoms with Crippen molar-refractivity contribution < 1.29 is 13.9 Å². The summed E-state index contributed by atoms with van der Waals surface area (Å²) >= 11 is 6.45. The first-order chi connectivity index (χ1) is 14.5. The number of aromatic nitrogens is 4. The molecule has 4 rings (SSSR count). The van der Waals surface area contributed by atoms with Gasteiger partial charge in [-0.3, -0.25) is 4.79 Å². The van der Waals surface area contributed by atoms with Crippen molar-refractivity contribution in [2.45, 2.75) is 33.1 Å². The molecule has 30 heavy (non-hydrogen) atoms. The number of esters is 1. The average molecular weight is 432 g/mol. The molecule has 1 aromatic carbocycles. The Morgan fingerprint density at radius 2 is 2.07 bits per heavy atom. The van der Waals surface area contributed by atoms with E-state index >= 15 is 4.39 Å². The van der Waals surface area contributed by atoms with E-state index in [4.69, 9.17) is 16.3 Å².